The molecule has 1 aliphatic carbocycles. The predicted octanol–water partition coefficient (Wildman–Crippen LogP) is 3.40. The summed E-state index contributed by atoms with van der Waals surface area (Å²) in [6.07, 6.45) is 5.15. The predicted molar refractivity (Wildman–Crippen MR) is 87.7 cm³/mol. The molecular formula is C17H18ClNO5. The number of benzene rings is 1. The van der Waals surface area contributed by atoms with Gasteiger partial charge in [-0.1, -0.05) is 18.0 Å². The van der Waals surface area contributed by atoms with Crippen LogP contribution in [0.5, 0.6) is 5.75 Å². The number of halogens is 1. The minimum atomic E-state index is -1.09. The summed E-state index contributed by atoms with van der Waals surface area (Å²) in [6.45, 7) is 0. The number of nitrogens with one attached hydrogen (secondary N) is 1. The first-order valence-electron chi connectivity index (χ1n) is 7.80. The van der Waals surface area contributed by atoms with E-state index in [1.807, 2.05) is 0 Å². The fraction of sp³-hybridized carbons (Fsp3) is 0.412. The van der Waals surface area contributed by atoms with E-state index in [0.717, 1.165) is 19.3 Å². The van der Waals surface area contributed by atoms with Crippen LogP contribution in [0.25, 0.3) is 0 Å². The van der Waals surface area contributed by atoms with Crippen LogP contribution in [0.1, 0.15) is 32.1 Å². The molecule has 7 heteroatoms. The van der Waals surface area contributed by atoms with Gasteiger partial charge in [-0.3, -0.25) is 0 Å². The average molecular weight is 352 g/mol. The Morgan fingerprint density at radius 3 is 2.46 bits per heavy atom. The number of carbonyl (C=O) groups is 2. The molecule has 1 N–H and O–H groups in total. The second-order valence-corrected chi connectivity index (χ2v) is 6.23. The van der Waals surface area contributed by atoms with Gasteiger partial charge in [0.2, 0.25) is 0 Å². The number of esters is 2. The van der Waals surface area contributed by atoms with Crippen molar-refractivity contribution in [3.8, 4) is 5.75 Å². The van der Waals surface area contributed by atoms with Gasteiger partial charge in [-0.2, -0.15) is 0 Å². The number of anilines is 1. The highest BCUT2D eigenvalue weighted by molar-refractivity contribution is 6.31. The van der Waals surface area contributed by atoms with Gasteiger partial charge in [0.1, 0.15) is 5.75 Å². The molecule has 1 aromatic rings. The van der Waals surface area contributed by atoms with Gasteiger partial charge in [-0.15, -0.1) is 0 Å². The highest BCUT2D eigenvalue weighted by Crippen LogP contribution is 2.37. The normalized spacial score (nSPS) is 19.5. The lowest BCUT2D eigenvalue weighted by atomic mass is 9.93. The maximum Gasteiger partial charge on any atom is 0.350 e. The third-order valence-electron chi connectivity index (χ3n) is 4.15. The quantitative estimate of drug-likeness (QED) is 0.511. The zero-order chi connectivity index (χ0) is 17.2. The topological polar surface area (TPSA) is 73.9 Å². The molecular weight excluding hydrogens is 334 g/mol. The maximum atomic E-state index is 12.2. The second kappa shape index (κ2) is 6.73. The van der Waals surface area contributed by atoms with E-state index in [1.54, 1.807) is 18.2 Å². The van der Waals surface area contributed by atoms with Crippen LogP contribution in [0.4, 0.5) is 5.69 Å². The molecule has 1 spiro atoms. The Balaban J connectivity index is 1.78. The van der Waals surface area contributed by atoms with E-state index in [0.29, 0.717) is 29.3 Å². The largest absolute Gasteiger partial charge is 0.495 e. The van der Waals surface area contributed by atoms with Crippen molar-refractivity contribution in [2.45, 2.75) is 37.9 Å². The summed E-state index contributed by atoms with van der Waals surface area (Å²) in [6, 6.07) is 4.98. The fourth-order valence-electron chi connectivity index (χ4n) is 2.91. The van der Waals surface area contributed by atoms with Crippen molar-refractivity contribution in [2.24, 2.45) is 0 Å². The van der Waals surface area contributed by atoms with Crippen molar-refractivity contribution in [3.63, 3.8) is 0 Å². The van der Waals surface area contributed by atoms with Gasteiger partial charge in [0.25, 0.3) is 5.79 Å². The van der Waals surface area contributed by atoms with E-state index in [9.17, 15) is 9.59 Å². The Morgan fingerprint density at radius 2 is 1.83 bits per heavy atom. The molecule has 1 heterocycles. The Morgan fingerprint density at radius 1 is 1.17 bits per heavy atom. The molecule has 0 radical (unpaired) electrons. The zero-order valence-electron chi connectivity index (χ0n) is 13.3. The third kappa shape index (κ3) is 3.33. The minimum Gasteiger partial charge on any atom is -0.495 e. The molecule has 0 bridgehead atoms. The van der Waals surface area contributed by atoms with Crippen molar-refractivity contribution < 1.29 is 23.8 Å². The smallest absolute Gasteiger partial charge is 0.350 e. The first-order chi connectivity index (χ1) is 11.5. The van der Waals surface area contributed by atoms with Crippen LogP contribution < -0.4 is 10.1 Å². The molecule has 24 heavy (non-hydrogen) atoms. The molecule has 1 saturated heterocycles. The summed E-state index contributed by atoms with van der Waals surface area (Å²) in [5.74, 6) is -1.92. The van der Waals surface area contributed by atoms with E-state index in [1.165, 1.54) is 13.3 Å². The number of hydrogen-bond acceptors (Lipinski definition) is 6. The van der Waals surface area contributed by atoms with E-state index < -0.39 is 17.7 Å². The SMILES string of the molecule is COc1ccc(Cl)cc1NC=C1C(=O)OC2(CCCCC2)OC1=O. The van der Waals surface area contributed by atoms with Gasteiger partial charge < -0.3 is 19.5 Å². The lowest BCUT2D eigenvalue weighted by Gasteiger charge is -2.38. The lowest BCUT2D eigenvalue weighted by molar-refractivity contribution is -0.244. The molecule has 0 aromatic heterocycles. The molecule has 0 amide bonds. The molecule has 128 valence electrons. The van der Waals surface area contributed by atoms with E-state index >= 15 is 0 Å². The standard InChI is InChI=1S/C17H18ClNO5/c1-22-14-6-5-11(18)9-13(14)19-10-12-15(20)23-17(24-16(12)21)7-3-2-4-8-17/h5-6,9-10,19H,2-4,7-8H2,1H3. The Kier molecular flexibility index (Phi) is 4.66. The van der Waals surface area contributed by atoms with Gasteiger partial charge in [0.15, 0.2) is 5.57 Å². The van der Waals surface area contributed by atoms with Crippen molar-refractivity contribution in [1.82, 2.24) is 0 Å². The first-order valence-corrected chi connectivity index (χ1v) is 8.18. The molecule has 0 atom stereocenters. The number of ether oxygens (including phenoxy) is 3. The van der Waals surface area contributed by atoms with E-state index in [-0.39, 0.29) is 5.57 Å². The average Bonchev–Trinajstić information content (AvgIpc) is 2.55. The van der Waals surface area contributed by atoms with Crippen molar-refractivity contribution in [1.29, 1.82) is 0 Å². The number of methoxy groups -OCH3 is 1. The highest BCUT2D eigenvalue weighted by Gasteiger charge is 2.46. The maximum absolute atomic E-state index is 12.2. The van der Waals surface area contributed by atoms with Crippen LogP contribution >= 0.6 is 11.6 Å². The first kappa shape index (κ1) is 16.6. The monoisotopic (exact) mass is 351 g/mol. The molecule has 2 aliphatic rings. The lowest BCUT2D eigenvalue weighted by Crippen LogP contribution is -2.47. The minimum absolute atomic E-state index is 0.187. The van der Waals surface area contributed by atoms with Gasteiger partial charge in [-0.05, 0) is 31.0 Å². The summed E-state index contributed by atoms with van der Waals surface area (Å²) in [5, 5.41) is 3.35. The second-order valence-electron chi connectivity index (χ2n) is 5.80. The van der Waals surface area contributed by atoms with Crippen molar-refractivity contribution in [3.05, 3.63) is 35.0 Å². The van der Waals surface area contributed by atoms with E-state index in [4.69, 9.17) is 25.8 Å². The van der Waals surface area contributed by atoms with Crippen LogP contribution in [0, 0.1) is 0 Å². The summed E-state index contributed by atoms with van der Waals surface area (Å²) < 4.78 is 16.0. The van der Waals surface area contributed by atoms with Crippen LogP contribution in [-0.4, -0.2) is 24.8 Å². The van der Waals surface area contributed by atoms with Crippen LogP contribution in [0.3, 0.4) is 0 Å². The Hall–Kier alpha value is -2.21. The Bertz CT molecular complexity index is 672. The van der Waals surface area contributed by atoms with Crippen LogP contribution in [-0.2, 0) is 19.1 Å². The van der Waals surface area contributed by atoms with E-state index in [2.05, 4.69) is 5.32 Å². The zero-order valence-corrected chi connectivity index (χ0v) is 14.0. The van der Waals surface area contributed by atoms with Crippen molar-refractivity contribution >= 4 is 29.2 Å². The molecule has 2 fully saturated rings. The Labute approximate surface area is 144 Å². The van der Waals surface area contributed by atoms with Crippen LogP contribution in [0.2, 0.25) is 5.02 Å². The molecule has 3 rings (SSSR count). The van der Waals surface area contributed by atoms with Gasteiger partial charge >= 0.3 is 11.9 Å². The fourth-order valence-corrected chi connectivity index (χ4v) is 3.08. The molecule has 6 nitrogen and oxygen atoms in total. The van der Waals surface area contributed by atoms with Crippen LogP contribution in [0.15, 0.2) is 30.0 Å². The molecule has 0 unspecified atom stereocenters. The van der Waals surface area contributed by atoms with Gasteiger partial charge in [0.05, 0.1) is 12.8 Å². The summed E-state index contributed by atoms with van der Waals surface area (Å²) in [4.78, 5) is 24.5. The molecule has 1 saturated carbocycles. The molecule has 1 aliphatic heterocycles. The highest BCUT2D eigenvalue weighted by atomic mass is 35.5. The third-order valence-corrected chi connectivity index (χ3v) is 4.38. The van der Waals surface area contributed by atoms with Gasteiger partial charge in [0, 0.05) is 24.1 Å². The number of hydrogen-bond donors (Lipinski definition) is 1. The van der Waals surface area contributed by atoms with Gasteiger partial charge in [-0.25, -0.2) is 9.59 Å². The summed E-state index contributed by atoms with van der Waals surface area (Å²) >= 11 is 5.95. The summed E-state index contributed by atoms with van der Waals surface area (Å²) in [7, 11) is 1.51. The molecule has 1 aromatic carbocycles. The number of carbonyl (C=O) groups excluding carboxylic acids is 2. The number of rotatable bonds is 3. The summed E-state index contributed by atoms with van der Waals surface area (Å²) in [5.41, 5.74) is 0.337. The van der Waals surface area contributed by atoms with Crippen molar-refractivity contribution in [2.75, 3.05) is 12.4 Å².